The predicted molar refractivity (Wildman–Crippen MR) is 79.2 cm³/mol. The summed E-state index contributed by atoms with van der Waals surface area (Å²) in [5, 5.41) is 2.83. The van der Waals surface area contributed by atoms with Crippen molar-refractivity contribution in [2.24, 2.45) is 0 Å². The number of benzene rings is 2. The summed E-state index contributed by atoms with van der Waals surface area (Å²) in [7, 11) is 0. The molecule has 4 heteroatoms. The van der Waals surface area contributed by atoms with Crippen LogP contribution in [0.1, 0.15) is 23.1 Å². The Morgan fingerprint density at radius 3 is 2.48 bits per heavy atom. The molecule has 2 aromatic rings. The number of hydrogen-bond donors (Lipinski definition) is 1. The van der Waals surface area contributed by atoms with Crippen molar-refractivity contribution in [3.63, 3.8) is 0 Å². The summed E-state index contributed by atoms with van der Waals surface area (Å²) in [6.45, 7) is 3.92. The lowest BCUT2D eigenvalue weighted by Crippen LogP contribution is -2.13. The maximum Gasteiger partial charge on any atom is 0.224 e. The van der Waals surface area contributed by atoms with Crippen LogP contribution in [-0.2, 0) is 11.2 Å². The third-order valence-electron chi connectivity index (χ3n) is 3.28. The largest absolute Gasteiger partial charge is 0.326 e. The summed E-state index contributed by atoms with van der Waals surface area (Å²) in [4.78, 5) is 11.9. The number of amides is 1. The van der Waals surface area contributed by atoms with Crippen LogP contribution in [0.3, 0.4) is 0 Å². The Balaban J connectivity index is 1.94. The lowest BCUT2D eigenvalue weighted by atomic mass is 10.1. The van der Waals surface area contributed by atoms with E-state index in [1.807, 2.05) is 32.0 Å². The van der Waals surface area contributed by atoms with Gasteiger partial charge in [0.1, 0.15) is 0 Å². The van der Waals surface area contributed by atoms with E-state index >= 15 is 0 Å². The fourth-order valence-corrected chi connectivity index (χ4v) is 2.12. The van der Waals surface area contributed by atoms with E-state index in [-0.39, 0.29) is 12.3 Å². The normalized spacial score (nSPS) is 10.5. The van der Waals surface area contributed by atoms with Gasteiger partial charge in [0.2, 0.25) is 5.91 Å². The average Bonchev–Trinajstić information content (AvgIpc) is 2.43. The van der Waals surface area contributed by atoms with E-state index in [9.17, 15) is 13.6 Å². The fourth-order valence-electron chi connectivity index (χ4n) is 2.12. The number of rotatable bonds is 4. The zero-order valence-corrected chi connectivity index (χ0v) is 12.0. The number of anilines is 1. The summed E-state index contributed by atoms with van der Waals surface area (Å²) in [5.74, 6) is -1.91. The van der Waals surface area contributed by atoms with Gasteiger partial charge in [0.05, 0.1) is 0 Å². The first-order valence-corrected chi connectivity index (χ1v) is 6.77. The fraction of sp³-hybridized carbons (Fsp3) is 0.235. The third kappa shape index (κ3) is 4.12. The van der Waals surface area contributed by atoms with E-state index in [1.165, 1.54) is 6.07 Å². The summed E-state index contributed by atoms with van der Waals surface area (Å²) in [6, 6.07) is 9.47. The second kappa shape index (κ2) is 6.48. The van der Waals surface area contributed by atoms with Crippen molar-refractivity contribution in [3.05, 3.63) is 64.7 Å². The van der Waals surface area contributed by atoms with Gasteiger partial charge in [-0.2, -0.15) is 0 Å². The Labute approximate surface area is 122 Å². The summed E-state index contributed by atoms with van der Waals surface area (Å²) in [6.07, 6.45) is 0.590. The van der Waals surface area contributed by atoms with E-state index in [0.717, 1.165) is 28.9 Å². The quantitative estimate of drug-likeness (QED) is 0.900. The van der Waals surface area contributed by atoms with Gasteiger partial charge in [0, 0.05) is 12.1 Å². The van der Waals surface area contributed by atoms with Crippen LogP contribution in [0.25, 0.3) is 0 Å². The molecule has 0 aliphatic rings. The minimum atomic E-state index is -0.887. The SMILES string of the molecule is Cc1ccc(NC(=O)CCc2ccc(F)c(F)c2)c(C)c1. The van der Waals surface area contributed by atoms with E-state index in [4.69, 9.17) is 0 Å². The molecule has 0 heterocycles. The molecule has 0 unspecified atom stereocenters. The van der Waals surface area contributed by atoms with Crippen molar-refractivity contribution in [1.29, 1.82) is 0 Å². The number of aryl methyl sites for hydroxylation is 3. The van der Waals surface area contributed by atoms with Crippen LogP contribution in [0.15, 0.2) is 36.4 Å². The van der Waals surface area contributed by atoms with Crippen molar-refractivity contribution in [2.75, 3.05) is 5.32 Å². The van der Waals surface area contributed by atoms with Gasteiger partial charge >= 0.3 is 0 Å². The molecule has 0 saturated heterocycles. The Hall–Kier alpha value is -2.23. The van der Waals surface area contributed by atoms with Crippen molar-refractivity contribution < 1.29 is 13.6 Å². The summed E-state index contributed by atoms with van der Waals surface area (Å²) < 4.78 is 25.9. The molecule has 2 aromatic carbocycles. The van der Waals surface area contributed by atoms with Crippen LogP contribution in [0.5, 0.6) is 0 Å². The van der Waals surface area contributed by atoms with Gasteiger partial charge in [-0.3, -0.25) is 4.79 Å². The number of carbonyl (C=O) groups excluding carboxylic acids is 1. The van der Waals surface area contributed by atoms with Gasteiger partial charge in [0.15, 0.2) is 11.6 Å². The van der Waals surface area contributed by atoms with Crippen molar-refractivity contribution in [1.82, 2.24) is 0 Å². The van der Waals surface area contributed by atoms with Crippen LogP contribution < -0.4 is 5.32 Å². The highest BCUT2D eigenvalue weighted by Gasteiger charge is 2.07. The average molecular weight is 289 g/mol. The molecule has 1 amide bonds. The first-order valence-electron chi connectivity index (χ1n) is 6.77. The van der Waals surface area contributed by atoms with Crippen LogP contribution >= 0.6 is 0 Å². The summed E-state index contributed by atoms with van der Waals surface area (Å²) >= 11 is 0. The maximum absolute atomic E-state index is 13.1. The summed E-state index contributed by atoms with van der Waals surface area (Å²) in [5.41, 5.74) is 3.50. The lowest BCUT2D eigenvalue weighted by molar-refractivity contribution is -0.116. The topological polar surface area (TPSA) is 29.1 Å². The number of nitrogens with one attached hydrogen (secondary N) is 1. The van der Waals surface area contributed by atoms with Gasteiger partial charge in [0.25, 0.3) is 0 Å². The van der Waals surface area contributed by atoms with Crippen molar-refractivity contribution in [3.8, 4) is 0 Å². The zero-order chi connectivity index (χ0) is 15.4. The zero-order valence-electron chi connectivity index (χ0n) is 12.0. The molecule has 1 N–H and O–H groups in total. The Morgan fingerprint density at radius 1 is 1.05 bits per heavy atom. The number of halogens is 2. The van der Waals surface area contributed by atoms with E-state index in [1.54, 1.807) is 0 Å². The number of hydrogen-bond acceptors (Lipinski definition) is 1. The molecular weight excluding hydrogens is 272 g/mol. The molecule has 0 radical (unpaired) electrons. The highest BCUT2D eigenvalue weighted by atomic mass is 19.2. The molecule has 0 fully saturated rings. The predicted octanol–water partition coefficient (Wildman–Crippen LogP) is 4.15. The molecule has 0 aromatic heterocycles. The third-order valence-corrected chi connectivity index (χ3v) is 3.28. The molecule has 110 valence electrons. The van der Waals surface area contributed by atoms with E-state index in [0.29, 0.717) is 12.0 Å². The highest BCUT2D eigenvalue weighted by molar-refractivity contribution is 5.91. The molecule has 0 aliphatic carbocycles. The van der Waals surface area contributed by atoms with Crippen LogP contribution in [0.4, 0.5) is 14.5 Å². The van der Waals surface area contributed by atoms with E-state index < -0.39 is 11.6 Å². The molecule has 0 aliphatic heterocycles. The maximum atomic E-state index is 13.1. The molecule has 0 spiro atoms. The smallest absolute Gasteiger partial charge is 0.224 e. The van der Waals surface area contributed by atoms with Crippen molar-refractivity contribution >= 4 is 11.6 Å². The lowest BCUT2D eigenvalue weighted by Gasteiger charge is -2.09. The number of carbonyl (C=O) groups is 1. The Bertz CT molecular complexity index is 668. The van der Waals surface area contributed by atoms with Gasteiger partial charge in [-0.1, -0.05) is 23.8 Å². The minimum absolute atomic E-state index is 0.147. The standard InChI is InChI=1S/C17H17F2NO/c1-11-3-7-16(12(2)9-11)20-17(21)8-5-13-4-6-14(18)15(19)10-13/h3-4,6-7,9-10H,5,8H2,1-2H3,(H,20,21). The van der Waals surface area contributed by atoms with Gasteiger partial charge < -0.3 is 5.32 Å². The monoisotopic (exact) mass is 289 g/mol. The van der Waals surface area contributed by atoms with Gasteiger partial charge in [-0.05, 0) is 49.6 Å². The van der Waals surface area contributed by atoms with Gasteiger partial charge in [-0.15, -0.1) is 0 Å². The van der Waals surface area contributed by atoms with Crippen molar-refractivity contribution in [2.45, 2.75) is 26.7 Å². The molecule has 0 bridgehead atoms. The molecule has 21 heavy (non-hydrogen) atoms. The second-order valence-corrected chi connectivity index (χ2v) is 5.12. The molecule has 2 rings (SSSR count). The Kier molecular flexibility index (Phi) is 4.68. The first-order chi connectivity index (χ1) is 9.95. The van der Waals surface area contributed by atoms with Crippen LogP contribution in [-0.4, -0.2) is 5.91 Å². The molecule has 0 saturated carbocycles. The highest BCUT2D eigenvalue weighted by Crippen LogP contribution is 2.17. The molecular formula is C17H17F2NO. The minimum Gasteiger partial charge on any atom is -0.326 e. The van der Waals surface area contributed by atoms with Gasteiger partial charge in [-0.25, -0.2) is 8.78 Å². The van der Waals surface area contributed by atoms with Crippen LogP contribution in [0.2, 0.25) is 0 Å². The first kappa shape index (κ1) is 15.2. The molecule has 2 nitrogen and oxygen atoms in total. The van der Waals surface area contributed by atoms with Crippen LogP contribution in [0, 0.1) is 25.5 Å². The molecule has 0 atom stereocenters. The Morgan fingerprint density at radius 2 is 1.81 bits per heavy atom. The van der Waals surface area contributed by atoms with E-state index in [2.05, 4.69) is 5.32 Å². The second-order valence-electron chi connectivity index (χ2n) is 5.12.